The molecule has 1 aliphatic rings. The molecule has 2 heterocycles. The highest BCUT2D eigenvalue weighted by molar-refractivity contribution is 5.92. The summed E-state index contributed by atoms with van der Waals surface area (Å²) in [5, 5.41) is 8.05. The minimum Gasteiger partial charge on any atom is -0.351 e. The molecule has 2 amide bonds. The molecule has 0 atom stereocenters. The Morgan fingerprint density at radius 1 is 1.00 bits per heavy atom. The number of benzene rings is 1. The van der Waals surface area contributed by atoms with E-state index in [4.69, 9.17) is 9.47 Å². The lowest BCUT2D eigenvalue weighted by Crippen LogP contribution is -2.50. The summed E-state index contributed by atoms with van der Waals surface area (Å²) in [6, 6.07) is 10.2. The quantitative estimate of drug-likeness (QED) is 0.494. The molecule has 0 aliphatic carbocycles. The Morgan fingerprint density at radius 2 is 1.66 bits per heavy atom. The van der Waals surface area contributed by atoms with Gasteiger partial charge in [-0.2, -0.15) is 0 Å². The Bertz CT molecular complexity index is 843. The molecule has 9 heteroatoms. The van der Waals surface area contributed by atoms with Crippen LogP contribution < -0.4 is 0 Å². The third kappa shape index (κ3) is 6.86. The van der Waals surface area contributed by atoms with Crippen LogP contribution in [0.25, 0.3) is 0 Å². The SMILES string of the molecule is CCOC(Cn1cc(C(=O)N2CCN(C(=O)CCCc3ccccc3)CC2)nn1)OCC. The number of carbonyl (C=O) groups excluding carboxylic acids is 2. The van der Waals surface area contributed by atoms with E-state index in [1.54, 1.807) is 15.8 Å². The highest BCUT2D eigenvalue weighted by atomic mass is 16.7. The highest BCUT2D eigenvalue weighted by Crippen LogP contribution is 2.11. The van der Waals surface area contributed by atoms with Gasteiger partial charge in [0.05, 0.1) is 12.7 Å². The molecule has 0 saturated carbocycles. The molecule has 1 aliphatic heterocycles. The van der Waals surface area contributed by atoms with E-state index in [1.807, 2.05) is 36.9 Å². The normalized spacial score (nSPS) is 14.2. The Labute approximate surface area is 189 Å². The number of carbonyl (C=O) groups is 2. The average molecular weight is 444 g/mol. The van der Waals surface area contributed by atoms with Crippen molar-refractivity contribution in [3.05, 3.63) is 47.8 Å². The molecule has 174 valence electrons. The molecule has 1 saturated heterocycles. The second-order valence-corrected chi connectivity index (χ2v) is 7.68. The van der Waals surface area contributed by atoms with Crippen molar-refractivity contribution in [2.45, 2.75) is 45.9 Å². The second kappa shape index (κ2) is 12.3. The third-order valence-corrected chi connectivity index (χ3v) is 5.42. The van der Waals surface area contributed by atoms with Gasteiger partial charge in [0, 0.05) is 45.8 Å². The molecule has 0 radical (unpaired) electrons. The summed E-state index contributed by atoms with van der Waals surface area (Å²) in [6.45, 7) is 7.30. The summed E-state index contributed by atoms with van der Waals surface area (Å²) in [5.41, 5.74) is 1.54. The van der Waals surface area contributed by atoms with Crippen molar-refractivity contribution in [3.63, 3.8) is 0 Å². The maximum absolute atomic E-state index is 12.8. The maximum atomic E-state index is 12.8. The fourth-order valence-corrected chi connectivity index (χ4v) is 3.73. The molecule has 0 spiro atoms. The van der Waals surface area contributed by atoms with Crippen molar-refractivity contribution in [1.29, 1.82) is 0 Å². The van der Waals surface area contributed by atoms with Crippen molar-refractivity contribution < 1.29 is 19.1 Å². The van der Waals surface area contributed by atoms with Crippen LogP contribution in [0.1, 0.15) is 42.7 Å². The lowest BCUT2D eigenvalue weighted by molar-refractivity contribution is -0.145. The van der Waals surface area contributed by atoms with E-state index in [0.29, 0.717) is 58.1 Å². The Balaban J connectivity index is 1.43. The first-order chi connectivity index (χ1) is 15.6. The molecule has 2 aromatic rings. The van der Waals surface area contributed by atoms with E-state index in [9.17, 15) is 9.59 Å². The summed E-state index contributed by atoms with van der Waals surface area (Å²) < 4.78 is 12.6. The van der Waals surface area contributed by atoms with Crippen molar-refractivity contribution >= 4 is 11.8 Å². The van der Waals surface area contributed by atoms with Crippen molar-refractivity contribution in [1.82, 2.24) is 24.8 Å². The summed E-state index contributed by atoms with van der Waals surface area (Å²) in [4.78, 5) is 28.9. The topological polar surface area (TPSA) is 89.8 Å². The monoisotopic (exact) mass is 443 g/mol. The van der Waals surface area contributed by atoms with Crippen molar-refractivity contribution in [3.8, 4) is 0 Å². The van der Waals surface area contributed by atoms with E-state index in [1.165, 1.54) is 5.56 Å². The second-order valence-electron chi connectivity index (χ2n) is 7.68. The summed E-state index contributed by atoms with van der Waals surface area (Å²) in [7, 11) is 0. The van der Waals surface area contributed by atoms with E-state index in [0.717, 1.165) is 12.8 Å². The minimum absolute atomic E-state index is 0.150. The standard InChI is InChI=1S/C23H33N5O4/c1-3-31-22(32-4-2)18-28-17-20(24-25-28)23(30)27-15-13-26(14-16-27)21(29)12-8-11-19-9-6-5-7-10-19/h5-7,9-10,17,22H,3-4,8,11-16,18H2,1-2H3. The number of amides is 2. The lowest BCUT2D eigenvalue weighted by Gasteiger charge is -2.34. The van der Waals surface area contributed by atoms with Crippen LogP contribution >= 0.6 is 0 Å². The molecular weight excluding hydrogens is 410 g/mol. The van der Waals surface area contributed by atoms with Gasteiger partial charge < -0.3 is 19.3 Å². The van der Waals surface area contributed by atoms with Crippen molar-refractivity contribution in [2.75, 3.05) is 39.4 Å². The number of hydrogen-bond acceptors (Lipinski definition) is 6. The van der Waals surface area contributed by atoms with Crippen LogP contribution in [-0.2, 0) is 27.2 Å². The lowest BCUT2D eigenvalue weighted by atomic mass is 10.1. The van der Waals surface area contributed by atoms with E-state index < -0.39 is 6.29 Å². The molecule has 0 unspecified atom stereocenters. The van der Waals surface area contributed by atoms with Crippen LogP contribution in [0.4, 0.5) is 0 Å². The number of aromatic nitrogens is 3. The molecule has 0 N–H and O–H groups in total. The van der Waals surface area contributed by atoms with E-state index in [-0.39, 0.29) is 11.8 Å². The Hall–Kier alpha value is -2.78. The van der Waals surface area contributed by atoms with Gasteiger partial charge in [0.15, 0.2) is 12.0 Å². The fraction of sp³-hybridized carbons (Fsp3) is 0.565. The predicted octanol–water partition coefficient (Wildman–Crippen LogP) is 1.98. The fourth-order valence-electron chi connectivity index (χ4n) is 3.73. The third-order valence-electron chi connectivity index (χ3n) is 5.42. The molecule has 1 aromatic carbocycles. The zero-order chi connectivity index (χ0) is 22.8. The number of aryl methyl sites for hydroxylation is 1. The first-order valence-corrected chi connectivity index (χ1v) is 11.3. The van der Waals surface area contributed by atoms with Crippen LogP contribution in [0, 0.1) is 0 Å². The van der Waals surface area contributed by atoms with Gasteiger partial charge >= 0.3 is 0 Å². The number of ether oxygens (including phenoxy) is 2. The van der Waals surface area contributed by atoms with Gasteiger partial charge in [-0.1, -0.05) is 35.5 Å². The Kier molecular flexibility index (Phi) is 9.18. The van der Waals surface area contributed by atoms with E-state index in [2.05, 4.69) is 22.4 Å². The summed E-state index contributed by atoms with van der Waals surface area (Å²) >= 11 is 0. The van der Waals surface area contributed by atoms with Crippen LogP contribution in [0.2, 0.25) is 0 Å². The Morgan fingerprint density at radius 3 is 2.31 bits per heavy atom. The van der Waals surface area contributed by atoms with Gasteiger partial charge in [0.25, 0.3) is 5.91 Å². The number of hydrogen-bond donors (Lipinski definition) is 0. The maximum Gasteiger partial charge on any atom is 0.276 e. The van der Waals surface area contributed by atoms with Crippen molar-refractivity contribution in [2.24, 2.45) is 0 Å². The van der Waals surface area contributed by atoms with Gasteiger partial charge in [-0.05, 0) is 32.3 Å². The van der Waals surface area contributed by atoms with Crippen LogP contribution in [-0.4, -0.2) is 82.3 Å². The number of piperazine rings is 1. The average Bonchev–Trinajstić information content (AvgIpc) is 3.28. The van der Waals surface area contributed by atoms with Gasteiger partial charge in [0.2, 0.25) is 5.91 Å². The number of rotatable bonds is 11. The minimum atomic E-state index is -0.425. The molecule has 3 rings (SSSR count). The van der Waals surface area contributed by atoms with Gasteiger partial charge in [-0.3, -0.25) is 9.59 Å². The van der Waals surface area contributed by atoms with Gasteiger partial charge in [0.1, 0.15) is 0 Å². The first-order valence-electron chi connectivity index (χ1n) is 11.3. The first kappa shape index (κ1) is 23.9. The van der Waals surface area contributed by atoms with E-state index >= 15 is 0 Å². The molecule has 9 nitrogen and oxygen atoms in total. The molecule has 1 fully saturated rings. The molecule has 1 aromatic heterocycles. The van der Waals surface area contributed by atoms with Crippen LogP contribution in [0.3, 0.4) is 0 Å². The highest BCUT2D eigenvalue weighted by Gasteiger charge is 2.26. The van der Waals surface area contributed by atoms with Crippen LogP contribution in [0.15, 0.2) is 36.5 Å². The molecule has 0 bridgehead atoms. The zero-order valence-electron chi connectivity index (χ0n) is 19.0. The zero-order valence-corrected chi connectivity index (χ0v) is 19.0. The molecular formula is C23H33N5O4. The molecule has 32 heavy (non-hydrogen) atoms. The summed E-state index contributed by atoms with van der Waals surface area (Å²) in [6.07, 6.45) is 3.45. The smallest absolute Gasteiger partial charge is 0.276 e. The summed E-state index contributed by atoms with van der Waals surface area (Å²) in [5.74, 6) is -0.0198. The number of nitrogens with zero attached hydrogens (tertiary/aromatic N) is 5. The van der Waals surface area contributed by atoms with Gasteiger partial charge in [-0.15, -0.1) is 5.10 Å². The van der Waals surface area contributed by atoms with Crippen LogP contribution in [0.5, 0.6) is 0 Å². The van der Waals surface area contributed by atoms with Gasteiger partial charge in [-0.25, -0.2) is 4.68 Å². The largest absolute Gasteiger partial charge is 0.351 e. The predicted molar refractivity (Wildman–Crippen MR) is 119 cm³/mol.